The Hall–Kier alpha value is -0.510. The van der Waals surface area contributed by atoms with E-state index in [-0.39, 0.29) is 13.0 Å². The molecule has 1 rings (SSSR count). The number of hydrogen-bond acceptors (Lipinski definition) is 2. The van der Waals surface area contributed by atoms with Gasteiger partial charge in [0.1, 0.15) is 6.04 Å². The number of nitrogens with one attached hydrogen (secondary N) is 1. The van der Waals surface area contributed by atoms with Gasteiger partial charge in [-0.2, -0.15) is 0 Å². The van der Waals surface area contributed by atoms with Crippen LogP contribution in [0.3, 0.4) is 0 Å². The number of hydrogen-bond donors (Lipinski definition) is 1. The van der Waals surface area contributed by atoms with Crippen LogP contribution in [0.15, 0.2) is 0 Å². The number of Topliss-reactive ketones (excluding diaryl/α,β-unsaturated/α-hetero) is 1. The second-order valence-electron chi connectivity index (χ2n) is 2.51. The summed E-state index contributed by atoms with van der Waals surface area (Å²) < 4.78 is 25.2. The summed E-state index contributed by atoms with van der Waals surface area (Å²) in [6.07, 6.45) is -0.225. The van der Waals surface area contributed by atoms with Crippen molar-refractivity contribution in [2.45, 2.75) is 39.2 Å². The van der Waals surface area contributed by atoms with Gasteiger partial charge < -0.3 is 5.32 Å². The highest BCUT2D eigenvalue weighted by molar-refractivity contribution is 5.82. The Bertz CT molecular complexity index is 159. The zero-order valence-corrected chi connectivity index (χ0v) is 7.66. The smallest absolute Gasteiger partial charge is 0.271 e. The van der Waals surface area contributed by atoms with Crippen LogP contribution in [0.5, 0.6) is 0 Å². The van der Waals surface area contributed by atoms with E-state index in [0.717, 1.165) is 0 Å². The molecule has 1 fully saturated rings. The minimum atomic E-state index is -2.83. The summed E-state index contributed by atoms with van der Waals surface area (Å²) in [6.45, 7) is 5.41. The Morgan fingerprint density at radius 2 is 2.00 bits per heavy atom. The van der Waals surface area contributed by atoms with Gasteiger partial charge in [-0.1, -0.05) is 13.8 Å². The highest BCUT2D eigenvalue weighted by Crippen LogP contribution is 2.27. The lowest BCUT2D eigenvalue weighted by atomic mass is 10.1. The van der Waals surface area contributed by atoms with Gasteiger partial charge in [0.2, 0.25) is 0 Å². The summed E-state index contributed by atoms with van der Waals surface area (Å²) >= 11 is 0. The predicted molar refractivity (Wildman–Crippen MR) is 43.4 cm³/mol. The monoisotopic (exact) mass is 179 g/mol. The van der Waals surface area contributed by atoms with Gasteiger partial charge in [-0.15, -0.1) is 0 Å². The van der Waals surface area contributed by atoms with Crippen LogP contribution in [0, 0.1) is 0 Å². The molecule has 12 heavy (non-hydrogen) atoms. The van der Waals surface area contributed by atoms with Crippen molar-refractivity contribution in [3.8, 4) is 0 Å². The van der Waals surface area contributed by atoms with Gasteiger partial charge in [-0.05, 0) is 6.92 Å². The topological polar surface area (TPSA) is 29.1 Å². The summed E-state index contributed by atoms with van der Waals surface area (Å²) in [6, 6.07) is -1.24. The van der Waals surface area contributed by atoms with E-state index >= 15 is 0 Å². The van der Waals surface area contributed by atoms with Crippen LogP contribution >= 0.6 is 0 Å². The maximum Gasteiger partial charge on any atom is 0.271 e. The van der Waals surface area contributed by atoms with Crippen molar-refractivity contribution in [3.63, 3.8) is 0 Å². The first-order chi connectivity index (χ1) is 5.54. The first-order valence-electron chi connectivity index (χ1n) is 4.16. The number of carbonyl (C=O) groups excluding carboxylic acids is 1. The Balaban J connectivity index is 0.000000561. The summed E-state index contributed by atoms with van der Waals surface area (Å²) in [5, 5.41) is 2.45. The third kappa shape index (κ3) is 2.52. The predicted octanol–water partition coefficient (Wildman–Crippen LogP) is 1.60. The molecule has 2 nitrogen and oxygen atoms in total. The Kier molecular flexibility index (Phi) is 4.31. The number of rotatable bonds is 1. The quantitative estimate of drug-likeness (QED) is 0.662. The highest BCUT2D eigenvalue weighted by Gasteiger charge is 2.46. The van der Waals surface area contributed by atoms with Gasteiger partial charge in [-0.3, -0.25) is 4.79 Å². The van der Waals surface area contributed by atoms with Crippen molar-refractivity contribution in [2.75, 3.05) is 6.54 Å². The minimum Gasteiger partial charge on any atom is -0.302 e. The lowest BCUT2D eigenvalue weighted by Gasteiger charge is -2.14. The molecular weight excluding hydrogens is 164 g/mol. The molecular formula is C8H15F2NO. The highest BCUT2D eigenvalue weighted by atomic mass is 19.3. The van der Waals surface area contributed by atoms with Gasteiger partial charge >= 0.3 is 0 Å². The number of halogens is 2. The maximum atomic E-state index is 12.6. The van der Waals surface area contributed by atoms with E-state index in [4.69, 9.17) is 0 Å². The number of ketones is 1. The first kappa shape index (κ1) is 11.5. The Labute approximate surface area is 71.3 Å². The molecule has 1 unspecified atom stereocenters. The van der Waals surface area contributed by atoms with Crippen LogP contribution in [-0.4, -0.2) is 24.3 Å². The standard InChI is InChI=1S/C6H9F2NO.C2H6/c1-4(10)5-6(7,8)2-3-9-5;1-2/h5,9H,2-3H2,1H3;1-2H3. The number of carbonyl (C=O) groups is 1. The van der Waals surface area contributed by atoms with Gasteiger partial charge in [-0.25, -0.2) is 8.78 Å². The molecule has 0 aliphatic carbocycles. The fraction of sp³-hybridized carbons (Fsp3) is 0.875. The van der Waals surface area contributed by atoms with E-state index in [0.29, 0.717) is 0 Å². The summed E-state index contributed by atoms with van der Waals surface area (Å²) in [5.41, 5.74) is 0. The number of alkyl halides is 2. The van der Waals surface area contributed by atoms with Gasteiger partial charge in [0.05, 0.1) is 0 Å². The molecule has 1 aliphatic rings. The molecule has 0 spiro atoms. The molecule has 0 amide bonds. The maximum absolute atomic E-state index is 12.6. The fourth-order valence-electron chi connectivity index (χ4n) is 1.12. The van der Waals surface area contributed by atoms with E-state index in [1.807, 2.05) is 13.8 Å². The molecule has 72 valence electrons. The molecule has 1 aliphatic heterocycles. The second-order valence-corrected chi connectivity index (χ2v) is 2.51. The van der Waals surface area contributed by atoms with Crippen LogP contribution in [-0.2, 0) is 4.79 Å². The van der Waals surface area contributed by atoms with Crippen LogP contribution in [0.25, 0.3) is 0 Å². The first-order valence-corrected chi connectivity index (χ1v) is 4.16. The van der Waals surface area contributed by atoms with Crippen LogP contribution in [0.2, 0.25) is 0 Å². The molecule has 1 heterocycles. The zero-order chi connectivity index (χ0) is 9.78. The van der Waals surface area contributed by atoms with Crippen molar-refractivity contribution < 1.29 is 13.6 Å². The van der Waals surface area contributed by atoms with Gasteiger partial charge in [0.25, 0.3) is 5.92 Å². The molecule has 1 N–H and O–H groups in total. The van der Waals surface area contributed by atoms with E-state index in [1.54, 1.807) is 0 Å². The molecule has 0 bridgehead atoms. The molecule has 0 aromatic heterocycles. The molecule has 0 aromatic rings. The molecule has 4 heteroatoms. The summed E-state index contributed by atoms with van der Waals surface area (Å²) in [4.78, 5) is 10.5. The van der Waals surface area contributed by atoms with Crippen molar-refractivity contribution in [1.82, 2.24) is 5.32 Å². The molecule has 0 aromatic carbocycles. The lowest BCUT2D eigenvalue weighted by molar-refractivity contribution is -0.126. The average Bonchev–Trinajstić information content (AvgIpc) is 2.33. The fourth-order valence-corrected chi connectivity index (χ4v) is 1.12. The van der Waals surface area contributed by atoms with E-state index in [2.05, 4.69) is 5.32 Å². The third-order valence-corrected chi connectivity index (χ3v) is 1.64. The molecule has 0 saturated carbocycles. The van der Waals surface area contributed by atoms with Crippen molar-refractivity contribution in [3.05, 3.63) is 0 Å². The summed E-state index contributed by atoms with van der Waals surface area (Å²) in [7, 11) is 0. The van der Waals surface area contributed by atoms with Crippen molar-refractivity contribution in [1.29, 1.82) is 0 Å². The van der Waals surface area contributed by atoms with Crippen LogP contribution in [0.4, 0.5) is 8.78 Å². The molecule has 1 saturated heterocycles. The van der Waals surface area contributed by atoms with Gasteiger partial charge in [0, 0.05) is 13.0 Å². The lowest BCUT2D eigenvalue weighted by Crippen LogP contribution is -2.41. The Morgan fingerprint density at radius 3 is 2.17 bits per heavy atom. The van der Waals surface area contributed by atoms with Crippen LogP contribution in [0.1, 0.15) is 27.2 Å². The largest absolute Gasteiger partial charge is 0.302 e. The average molecular weight is 179 g/mol. The molecule has 0 radical (unpaired) electrons. The molecule has 1 atom stereocenters. The van der Waals surface area contributed by atoms with E-state index in [1.165, 1.54) is 6.92 Å². The van der Waals surface area contributed by atoms with Crippen molar-refractivity contribution in [2.24, 2.45) is 0 Å². The second kappa shape index (κ2) is 4.50. The Morgan fingerprint density at radius 1 is 1.50 bits per heavy atom. The minimum absolute atomic E-state index is 0.225. The zero-order valence-electron chi connectivity index (χ0n) is 7.66. The third-order valence-electron chi connectivity index (χ3n) is 1.64. The SMILES string of the molecule is CC.CC(=O)C1NCCC1(F)F. The normalized spacial score (nSPS) is 25.9. The van der Waals surface area contributed by atoms with Crippen molar-refractivity contribution >= 4 is 5.78 Å². The summed E-state index contributed by atoms with van der Waals surface area (Å²) in [5.74, 6) is -3.31. The van der Waals surface area contributed by atoms with E-state index < -0.39 is 17.7 Å². The van der Waals surface area contributed by atoms with Gasteiger partial charge in [0.15, 0.2) is 5.78 Å². The van der Waals surface area contributed by atoms with E-state index in [9.17, 15) is 13.6 Å². The van der Waals surface area contributed by atoms with Crippen LogP contribution < -0.4 is 5.32 Å².